The van der Waals surface area contributed by atoms with Crippen molar-refractivity contribution >= 4 is 23.1 Å². The molecule has 5 aliphatic heterocycles. The maximum absolute atomic E-state index is 14.0. The first-order valence-electron chi connectivity index (χ1n) is 20.4. The summed E-state index contributed by atoms with van der Waals surface area (Å²) in [5.41, 5.74) is 12.2. The van der Waals surface area contributed by atoms with Crippen molar-refractivity contribution in [2.24, 2.45) is 26.8 Å². The second-order valence-corrected chi connectivity index (χ2v) is 18.9. The van der Waals surface area contributed by atoms with E-state index in [0.717, 1.165) is 86.1 Å². The Balaban J connectivity index is 1.66. The lowest BCUT2D eigenvalue weighted by Gasteiger charge is -2.27. The Morgan fingerprint density at radius 3 is 2.02 bits per heavy atom. The van der Waals surface area contributed by atoms with Crippen LogP contribution in [-0.4, -0.2) is 133 Å². The molecule has 11 heteroatoms. The molecule has 5 rings (SSSR count). The number of esters is 1. The summed E-state index contributed by atoms with van der Waals surface area (Å²) in [6.45, 7) is 13.5. The summed E-state index contributed by atoms with van der Waals surface area (Å²) in [5.74, 6) is -0.665. The first-order valence-corrected chi connectivity index (χ1v) is 20.4. The second-order valence-electron chi connectivity index (χ2n) is 18.9. The zero-order valence-electron chi connectivity index (χ0n) is 37.1. The number of carbonyl (C=O) groups is 1. The van der Waals surface area contributed by atoms with Crippen molar-refractivity contribution in [1.29, 1.82) is 0 Å². The van der Waals surface area contributed by atoms with E-state index in [1.165, 1.54) is 0 Å². The van der Waals surface area contributed by atoms with Crippen molar-refractivity contribution in [3.63, 3.8) is 0 Å². The third-order valence-corrected chi connectivity index (χ3v) is 11.0. The molecule has 1 saturated heterocycles. The Bertz CT molecular complexity index is 2040. The van der Waals surface area contributed by atoms with Gasteiger partial charge in [-0.25, -0.2) is 15.0 Å². The van der Waals surface area contributed by atoms with Gasteiger partial charge in [-0.3, -0.25) is 4.79 Å². The zero-order valence-corrected chi connectivity index (χ0v) is 37.1. The van der Waals surface area contributed by atoms with Crippen molar-refractivity contribution in [2.75, 3.05) is 96.3 Å². The summed E-state index contributed by atoms with van der Waals surface area (Å²) >= 11 is 0. The van der Waals surface area contributed by atoms with E-state index in [2.05, 4.69) is 121 Å². The van der Waals surface area contributed by atoms with Crippen LogP contribution < -0.4 is 10.4 Å². The van der Waals surface area contributed by atoms with E-state index in [1.54, 1.807) is 0 Å². The maximum Gasteiger partial charge on any atom is 0.306 e. The molecule has 0 aromatic carbocycles. The highest BCUT2D eigenvalue weighted by Crippen LogP contribution is 2.40. The van der Waals surface area contributed by atoms with Crippen LogP contribution in [0.4, 0.5) is 0 Å². The third-order valence-electron chi connectivity index (χ3n) is 11.0. The lowest BCUT2D eigenvalue weighted by atomic mass is 9.87. The Hall–Kier alpha value is -4.58. The van der Waals surface area contributed by atoms with Crippen LogP contribution in [0.25, 0.3) is 0 Å². The molecule has 0 saturated carbocycles. The molecule has 0 spiro atoms. The Kier molecular flexibility index (Phi) is 13.1. The molecular weight excluding hydrogens is 715 g/mol. The molecule has 11 nitrogen and oxygen atoms in total. The number of carbonyl (C=O) groups excluding carboxylic acids is 1. The standard InChI is InChI=1S/C46H67N7O4/c1-15-33-29(2)38-26-41-34(17-16-20-51(6,7)8)30(3)36(48-41)25-37-31(4)35(18-19-44(54)56-23-21-52(9,10)11)42(49-37)28-43-45(46(55)57-24-22-53(12,13)14)32(5)39(50-43)27-40(33)47-38/h16-17,25-28,31,35H,15,18-24H2,1-14H3,(H-,47,48,49,50,55)/q+2/b17-16+/t31-,35-/m0/s1. The van der Waals surface area contributed by atoms with Gasteiger partial charge in [0.05, 0.1) is 117 Å². The molecule has 308 valence electrons. The molecule has 5 heterocycles. The third kappa shape index (κ3) is 10.9. The number of nitrogens with one attached hydrogen (secondary N) is 1. The minimum absolute atomic E-state index is 0.0157. The SMILES string of the molecule is CCC1=C(C)C2=NC1=CC1=C(C)C(=C([O-])OCC[N+](C)(C)C)C(=N1)C=C1NC(=CC3=NC(=C2)C(/C=C/C[N+](C)(C)C)=C3C)[C@@H](C)[C@@H]1CCC(=O)OCC[N+](C)(C)C. The van der Waals surface area contributed by atoms with Crippen molar-refractivity contribution < 1.29 is 32.8 Å². The highest BCUT2D eigenvalue weighted by molar-refractivity contribution is 6.17. The smallest absolute Gasteiger partial charge is 0.306 e. The van der Waals surface area contributed by atoms with E-state index in [0.29, 0.717) is 45.5 Å². The summed E-state index contributed by atoms with van der Waals surface area (Å²) < 4.78 is 13.8. The number of nitrogens with zero attached hydrogens (tertiary/aromatic N) is 6. The van der Waals surface area contributed by atoms with E-state index in [9.17, 15) is 9.90 Å². The fourth-order valence-corrected chi connectivity index (χ4v) is 7.37. The van der Waals surface area contributed by atoms with Gasteiger partial charge in [0.1, 0.15) is 13.2 Å². The number of ether oxygens (including phenoxy) is 2. The van der Waals surface area contributed by atoms with Crippen LogP contribution in [0, 0.1) is 11.8 Å². The van der Waals surface area contributed by atoms with Crippen molar-refractivity contribution in [3.8, 4) is 0 Å². The normalized spacial score (nSPS) is 22.3. The summed E-state index contributed by atoms with van der Waals surface area (Å²) in [7, 11) is 19.0. The maximum atomic E-state index is 14.0. The minimum Gasteiger partial charge on any atom is -0.607 e. The number of rotatable bonds is 14. The average Bonchev–Trinajstić information content (AvgIpc) is 3.75. The quantitative estimate of drug-likeness (QED) is 0.139. The van der Waals surface area contributed by atoms with E-state index in [-0.39, 0.29) is 30.8 Å². The number of fused-ring (bicyclic) bond motifs is 5. The second kappa shape index (κ2) is 17.1. The van der Waals surface area contributed by atoms with Gasteiger partial charge >= 0.3 is 5.97 Å². The van der Waals surface area contributed by atoms with Crippen LogP contribution >= 0.6 is 0 Å². The van der Waals surface area contributed by atoms with Crippen LogP contribution in [0.1, 0.15) is 53.9 Å². The summed E-state index contributed by atoms with van der Waals surface area (Å²) in [6, 6.07) is 0. The molecule has 0 aromatic heterocycles. The molecule has 1 fully saturated rings. The van der Waals surface area contributed by atoms with E-state index >= 15 is 0 Å². The molecule has 0 aliphatic carbocycles. The lowest BCUT2D eigenvalue weighted by molar-refractivity contribution is -0.870. The minimum atomic E-state index is -0.400. The molecule has 2 atom stereocenters. The molecule has 1 N–H and O–H groups in total. The summed E-state index contributed by atoms with van der Waals surface area (Å²) in [4.78, 5) is 28.6. The van der Waals surface area contributed by atoms with Crippen molar-refractivity contribution in [1.82, 2.24) is 5.32 Å². The van der Waals surface area contributed by atoms with Crippen LogP contribution in [0.15, 0.2) is 119 Å². The molecule has 0 amide bonds. The van der Waals surface area contributed by atoms with Gasteiger partial charge in [-0.2, -0.15) is 0 Å². The van der Waals surface area contributed by atoms with Gasteiger partial charge in [0, 0.05) is 47.4 Å². The molecular formula is C46H67N7O4+2. The molecule has 57 heavy (non-hydrogen) atoms. The van der Waals surface area contributed by atoms with Gasteiger partial charge < -0.3 is 33.3 Å². The monoisotopic (exact) mass is 782 g/mol. The molecule has 0 unspecified atom stereocenters. The van der Waals surface area contributed by atoms with E-state index in [1.807, 2.05) is 19.1 Å². The van der Waals surface area contributed by atoms with Crippen LogP contribution in [0.5, 0.6) is 0 Å². The topological polar surface area (TPSA) is 108 Å². The van der Waals surface area contributed by atoms with Gasteiger partial charge in [-0.1, -0.05) is 19.9 Å². The summed E-state index contributed by atoms with van der Waals surface area (Å²) in [5, 5.41) is 17.7. The molecule has 5 aliphatic rings. The van der Waals surface area contributed by atoms with Gasteiger partial charge in [0.15, 0.2) is 0 Å². The number of likely N-dealkylation sites (N-methyl/N-ethyl adjacent to an activating group) is 3. The van der Waals surface area contributed by atoms with E-state index < -0.39 is 5.95 Å². The Morgan fingerprint density at radius 2 is 1.39 bits per heavy atom. The number of hydrogen-bond donors (Lipinski definition) is 1. The van der Waals surface area contributed by atoms with Crippen LogP contribution in [0.3, 0.4) is 0 Å². The van der Waals surface area contributed by atoms with Gasteiger partial charge in [0.2, 0.25) is 0 Å². The summed E-state index contributed by atoms with van der Waals surface area (Å²) in [6.07, 6.45) is 14.3. The first-order chi connectivity index (χ1) is 26.5. The van der Waals surface area contributed by atoms with Crippen LogP contribution in [-0.2, 0) is 14.3 Å². The molecule has 8 bridgehead atoms. The fourth-order valence-electron chi connectivity index (χ4n) is 7.37. The van der Waals surface area contributed by atoms with Crippen molar-refractivity contribution in [3.05, 3.63) is 104 Å². The lowest BCUT2D eigenvalue weighted by Crippen LogP contribution is -2.38. The van der Waals surface area contributed by atoms with Gasteiger partial charge in [-0.05, 0) is 86.3 Å². The predicted octanol–water partition coefficient (Wildman–Crippen LogP) is 5.66. The van der Waals surface area contributed by atoms with Gasteiger partial charge in [-0.15, -0.1) is 0 Å². The highest BCUT2D eigenvalue weighted by Gasteiger charge is 2.35. The van der Waals surface area contributed by atoms with Crippen molar-refractivity contribution in [2.45, 2.75) is 53.9 Å². The molecule has 0 radical (unpaired) electrons. The Labute approximate surface area is 341 Å². The number of hydrogen-bond acceptors (Lipinski definition) is 8. The first kappa shape index (κ1) is 43.5. The average molecular weight is 782 g/mol. The predicted molar refractivity (Wildman–Crippen MR) is 230 cm³/mol. The number of allylic oxidation sites excluding steroid dienone is 12. The zero-order chi connectivity index (χ0) is 42.0. The number of aliphatic imine (C=N–C) groups is 3. The number of quaternary nitrogens is 3. The fraction of sp³-hybridized carbons (Fsp3) is 0.522. The largest absolute Gasteiger partial charge is 0.607 e. The highest BCUT2D eigenvalue weighted by atomic mass is 16.6. The Morgan fingerprint density at radius 1 is 0.772 bits per heavy atom. The molecule has 0 aromatic rings. The van der Waals surface area contributed by atoms with Gasteiger partial charge in [0.25, 0.3) is 0 Å². The van der Waals surface area contributed by atoms with Crippen LogP contribution in [0.2, 0.25) is 0 Å². The van der Waals surface area contributed by atoms with E-state index in [4.69, 9.17) is 24.5 Å².